The van der Waals surface area contributed by atoms with Crippen LogP contribution in [0.25, 0.3) is 0 Å². The van der Waals surface area contributed by atoms with Crippen molar-refractivity contribution < 1.29 is 31.4 Å². The molecule has 0 saturated heterocycles. The van der Waals surface area contributed by atoms with Gasteiger partial charge in [-0.15, -0.1) is 23.2 Å². The number of furan rings is 1. The number of aliphatic hydroxyl groups is 1. The van der Waals surface area contributed by atoms with Crippen molar-refractivity contribution in [3.63, 3.8) is 0 Å². The van der Waals surface area contributed by atoms with E-state index in [1.165, 1.54) is 18.4 Å². The first-order valence-corrected chi connectivity index (χ1v) is 12.9. The maximum Gasteiger partial charge on any atom is 0.375 e. The van der Waals surface area contributed by atoms with Gasteiger partial charge in [-0.3, -0.25) is 9.59 Å². The highest BCUT2D eigenvalue weighted by Crippen LogP contribution is 2.72. The molecule has 0 spiro atoms. The molecule has 6 nitrogen and oxygen atoms in total. The lowest BCUT2D eigenvalue weighted by molar-refractivity contribution is -0.177. The van der Waals surface area contributed by atoms with E-state index in [-0.39, 0.29) is 35.9 Å². The number of rotatable bonds is 4. The summed E-state index contributed by atoms with van der Waals surface area (Å²) in [6, 6.07) is 2.39. The van der Waals surface area contributed by atoms with Gasteiger partial charge >= 0.3 is 5.97 Å². The summed E-state index contributed by atoms with van der Waals surface area (Å²) >= 11 is 13.6. The molecule has 1 aromatic rings. The van der Waals surface area contributed by atoms with E-state index in [1.807, 2.05) is 13.8 Å². The number of carbonyl (C=O) groups is 3. The zero-order valence-corrected chi connectivity index (χ0v) is 21.4. The first-order chi connectivity index (χ1) is 17.3. The van der Waals surface area contributed by atoms with E-state index in [9.17, 15) is 19.5 Å². The van der Waals surface area contributed by atoms with Crippen LogP contribution in [0.2, 0.25) is 0 Å². The molecule has 1 N–H and O–H groups in total. The summed E-state index contributed by atoms with van der Waals surface area (Å²) in [6.45, 7) is 5.43. The molecule has 0 unspecified atom stereocenters. The lowest BCUT2D eigenvalue weighted by Crippen LogP contribution is -2.69. The molecule has 0 aromatic carbocycles. The van der Waals surface area contributed by atoms with E-state index < -0.39 is 56.9 Å². The zero-order chi connectivity index (χ0) is 27.1. The number of aliphatic hydroxyl groups excluding tert-OH is 1. The van der Waals surface area contributed by atoms with Crippen molar-refractivity contribution in [2.45, 2.75) is 63.0 Å². The molecule has 8 heteroatoms. The molecule has 0 amide bonds. The third-order valence-electron chi connectivity index (χ3n) is 9.48. The number of esters is 1. The highest BCUT2D eigenvalue weighted by Gasteiger charge is 2.76. The Balaban J connectivity index is 1.64. The number of Topliss-reactive ketones (excluding diaryl/α,β-unsaturated/α-hetero) is 1. The lowest BCUT2D eigenvalue weighted by atomic mass is 9.45. The molecule has 3 saturated carbocycles. The third-order valence-corrected chi connectivity index (χ3v) is 10.6. The number of halogens is 2. The first-order valence-electron chi connectivity index (χ1n) is 13.0. The topological polar surface area (TPSA) is 93.8 Å². The van der Waals surface area contributed by atoms with E-state index in [0.717, 1.165) is 0 Å². The smallest absolute Gasteiger partial charge is 0.375 e. The normalized spacial score (nSPS) is 45.5. The van der Waals surface area contributed by atoms with Crippen LogP contribution in [0.1, 0.15) is 59.8 Å². The summed E-state index contributed by atoms with van der Waals surface area (Å²) in [5.74, 6) is -3.26. The molecule has 1 heterocycles. The fourth-order valence-corrected chi connectivity index (χ4v) is 8.61. The fraction of sp³-hybridized carbons (Fsp3) is 0.593. The second-order valence-corrected chi connectivity index (χ2v) is 11.8. The Morgan fingerprint density at radius 1 is 1.34 bits per heavy atom. The van der Waals surface area contributed by atoms with Gasteiger partial charge in [0.2, 0.25) is 5.76 Å². The van der Waals surface area contributed by atoms with Gasteiger partial charge in [-0.1, -0.05) is 32.4 Å². The minimum Gasteiger partial charge on any atom is -0.457 e. The molecule has 188 valence electrons. The fourth-order valence-electron chi connectivity index (χ4n) is 7.90. The van der Waals surface area contributed by atoms with Crippen molar-refractivity contribution in [2.24, 2.45) is 28.6 Å². The van der Waals surface area contributed by atoms with Crippen molar-refractivity contribution >= 4 is 40.7 Å². The standard InChI is InChI=1S/C27H30Cl2O6/c1-15-11-19-18-7-6-16-12-17(30)8-9-24(16,2)26(18,29)21(31)13-25(19,3)27(15,22(32)14-28)35-23(33)20-5-4-10-34-20/h4-5,8-10,12,15,18-19,21,31H,6-7,11,13-14H2,1-3H3/t15-,18+,19+,21+,24+,25+,26+,27+/m1/s1/i8D,9D. The average Bonchev–Trinajstić information content (AvgIpc) is 3.47. The summed E-state index contributed by atoms with van der Waals surface area (Å²) in [5, 5.41) is 11.8. The second-order valence-electron chi connectivity index (χ2n) is 10.9. The summed E-state index contributed by atoms with van der Waals surface area (Å²) < 4.78 is 28.3. The second kappa shape index (κ2) is 8.06. The third kappa shape index (κ3) is 3.02. The van der Waals surface area contributed by atoms with Crippen LogP contribution < -0.4 is 0 Å². The molecule has 4 aliphatic carbocycles. The van der Waals surface area contributed by atoms with Crippen LogP contribution in [0.3, 0.4) is 0 Å². The van der Waals surface area contributed by atoms with E-state index in [1.54, 1.807) is 13.0 Å². The van der Waals surface area contributed by atoms with Gasteiger partial charge < -0.3 is 14.3 Å². The Morgan fingerprint density at radius 3 is 2.74 bits per heavy atom. The van der Waals surface area contributed by atoms with E-state index in [0.29, 0.717) is 24.8 Å². The van der Waals surface area contributed by atoms with Gasteiger partial charge in [0.1, 0.15) is 0 Å². The molecular weight excluding hydrogens is 491 g/mol. The van der Waals surface area contributed by atoms with E-state index in [4.69, 9.17) is 35.1 Å². The number of hydrogen-bond donors (Lipinski definition) is 1. The van der Waals surface area contributed by atoms with Gasteiger partial charge in [0.05, 0.1) is 25.9 Å². The molecule has 0 aliphatic heterocycles. The van der Waals surface area contributed by atoms with Crippen LogP contribution in [0.5, 0.6) is 0 Å². The van der Waals surface area contributed by atoms with Gasteiger partial charge in [-0.2, -0.15) is 0 Å². The van der Waals surface area contributed by atoms with Crippen LogP contribution in [-0.2, 0) is 14.3 Å². The van der Waals surface area contributed by atoms with Crippen molar-refractivity contribution in [3.8, 4) is 0 Å². The monoisotopic (exact) mass is 522 g/mol. The molecule has 3 fully saturated rings. The highest BCUT2D eigenvalue weighted by molar-refractivity contribution is 6.29. The predicted octanol–water partition coefficient (Wildman–Crippen LogP) is 4.87. The maximum absolute atomic E-state index is 13.6. The van der Waals surface area contributed by atoms with Crippen LogP contribution in [-0.4, -0.2) is 45.1 Å². The van der Waals surface area contributed by atoms with Crippen molar-refractivity contribution in [1.82, 2.24) is 0 Å². The number of ether oxygens (including phenoxy) is 1. The minimum atomic E-state index is -1.62. The Bertz CT molecular complexity index is 1240. The van der Waals surface area contributed by atoms with Crippen molar-refractivity contribution in [2.75, 3.05) is 5.88 Å². The van der Waals surface area contributed by atoms with Gasteiger partial charge in [0.15, 0.2) is 17.2 Å². The lowest BCUT2D eigenvalue weighted by Gasteiger charge is -2.64. The summed E-state index contributed by atoms with van der Waals surface area (Å²) in [5.41, 5.74) is -3.23. The van der Waals surface area contributed by atoms with Gasteiger partial charge in [0, 0.05) is 16.7 Å². The maximum atomic E-state index is 13.6. The van der Waals surface area contributed by atoms with Crippen LogP contribution in [0.15, 0.2) is 46.6 Å². The Hall–Kier alpha value is -1.89. The number of allylic oxidation sites excluding steroid dienone is 4. The Labute approximate surface area is 217 Å². The number of ketones is 2. The highest BCUT2D eigenvalue weighted by atomic mass is 35.5. The average molecular weight is 523 g/mol. The number of carbonyl (C=O) groups excluding carboxylic acids is 3. The number of hydrogen-bond acceptors (Lipinski definition) is 6. The summed E-state index contributed by atoms with van der Waals surface area (Å²) in [6.07, 6.45) is 2.98. The van der Waals surface area contributed by atoms with E-state index in [2.05, 4.69) is 0 Å². The van der Waals surface area contributed by atoms with Gasteiger partial charge in [0.25, 0.3) is 0 Å². The number of alkyl halides is 2. The van der Waals surface area contributed by atoms with Gasteiger partial charge in [-0.05, 0) is 61.8 Å². The molecule has 0 bridgehead atoms. The van der Waals surface area contributed by atoms with Crippen molar-refractivity contribution in [3.05, 3.63) is 47.9 Å². The molecule has 4 aliphatic rings. The summed E-state index contributed by atoms with van der Waals surface area (Å²) in [4.78, 5) is 37.7. The largest absolute Gasteiger partial charge is 0.457 e. The van der Waals surface area contributed by atoms with Crippen LogP contribution in [0, 0.1) is 28.6 Å². The minimum absolute atomic E-state index is 0.00744. The quantitative estimate of drug-likeness (QED) is 0.447. The molecular formula is C27H30Cl2O6. The first kappa shape index (κ1) is 22.3. The van der Waals surface area contributed by atoms with Gasteiger partial charge in [-0.25, -0.2) is 4.79 Å². The van der Waals surface area contributed by atoms with Crippen molar-refractivity contribution in [1.29, 1.82) is 0 Å². The Morgan fingerprint density at radius 2 is 2.09 bits per heavy atom. The molecule has 1 aromatic heterocycles. The molecule has 5 rings (SSSR count). The molecule has 0 radical (unpaired) electrons. The van der Waals surface area contributed by atoms with E-state index >= 15 is 0 Å². The molecule has 35 heavy (non-hydrogen) atoms. The van der Waals surface area contributed by atoms with Crippen LogP contribution >= 0.6 is 23.2 Å². The molecule has 8 atom stereocenters. The zero-order valence-electron chi connectivity index (χ0n) is 21.9. The Kier molecular flexibility index (Phi) is 5.14. The van der Waals surface area contributed by atoms with Crippen LogP contribution in [0.4, 0.5) is 0 Å². The SMILES string of the molecule is [2H]C1=C([2H])[C@@]2(C)C(=CC1=O)CC[C@H]1[C@@H]3C[C@@H](C)[C@](OC(=O)c4ccco4)(C(=O)CCl)[C@@]3(C)C[C@H](O)[C@@]12Cl. The summed E-state index contributed by atoms with van der Waals surface area (Å²) in [7, 11) is 0. The predicted molar refractivity (Wildman–Crippen MR) is 130 cm³/mol. The number of fused-ring (bicyclic) bond motifs is 5.